The second-order valence-electron chi connectivity index (χ2n) is 6.09. The molecule has 1 saturated carbocycles. The van der Waals surface area contributed by atoms with Gasteiger partial charge in [0, 0.05) is 31.9 Å². The van der Waals surface area contributed by atoms with E-state index in [9.17, 15) is 0 Å². The molecule has 0 amide bonds. The molecule has 0 spiro atoms. The van der Waals surface area contributed by atoms with Crippen LogP contribution in [0.15, 0.2) is 12.5 Å². The molecule has 1 aliphatic carbocycles. The summed E-state index contributed by atoms with van der Waals surface area (Å²) < 4.78 is 2.26. The Hall–Kier alpha value is -0.870. The number of nitrogens with zero attached hydrogens (tertiary/aromatic N) is 3. The van der Waals surface area contributed by atoms with Crippen LogP contribution >= 0.6 is 0 Å². The number of aromatic nitrogens is 2. The first-order chi connectivity index (χ1) is 9.36. The fourth-order valence-electron chi connectivity index (χ4n) is 3.14. The first kappa shape index (κ1) is 13.1. The van der Waals surface area contributed by atoms with Crippen LogP contribution in [0, 0.1) is 5.92 Å². The number of rotatable bonds is 7. The minimum atomic E-state index is 0.850. The largest absolute Gasteiger partial charge is 0.333 e. The van der Waals surface area contributed by atoms with Gasteiger partial charge < -0.3 is 14.8 Å². The summed E-state index contributed by atoms with van der Waals surface area (Å²) in [6.45, 7) is 8.04. The monoisotopic (exact) mass is 262 g/mol. The zero-order chi connectivity index (χ0) is 13.1. The number of aryl methyl sites for hydroxylation is 1. The van der Waals surface area contributed by atoms with Gasteiger partial charge in [-0.2, -0.15) is 0 Å². The van der Waals surface area contributed by atoms with Crippen LogP contribution in [-0.4, -0.2) is 40.1 Å². The molecule has 1 N–H and O–H groups in total. The van der Waals surface area contributed by atoms with E-state index in [2.05, 4.69) is 26.7 Å². The van der Waals surface area contributed by atoms with Crippen LogP contribution in [0.2, 0.25) is 0 Å². The smallest absolute Gasteiger partial charge is 0.0948 e. The first-order valence-corrected chi connectivity index (χ1v) is 7.80. The number of hydrogen-bond acceptors (Lipinski definition) is 3. The number of nitrogens with one attached hydrogen (secondary N) is 1. The maximum absolute atomic E-state index is 4.25. The summed E-state index contributed by atoms with van der Waals surface area (Å²) in [6, 6.07) is 0.941. The minimum absolute atomic E-state index is 0.850. The van der Waals surface area contributed by atoms with Crippen molar-refractivity contribution in [3.63, 3.8) is 0 Å². The molecule has 2 fully saturated rings. The Balaban J connectivity index is 1.39. The third-order valence-electron chi connectivity index (χ3n) is 4.38. The van der Waals surface area contributed by atoms with E-state index in [0.717, 1.165) is 31.6 Å². The standard InChI is InChI=1S/C15H26N4/c1-2-6-19-12-17-10-15(19)9-16-8-13-5-7-18(11-13)14-3-4-14/h10,12-14,16H,2-9,11H2,1H3. The van der Waals surface area contributed by atoms with E-state index in [1.54, 1.807) is 0 Å². The Morgan fingerprint density at radius 3 is 3.05 bits per heavy atom. The molecule has 1 aromatic heterocycles. The maximum atomic E-state index is 4.25. The fourth-order valence-corrected chi connectivity index (χ4v) is 3.14. The van der Waals surface area contributed by atoms with Crippen molar-refractivity contribution in [3.8, 4) is 0 Å². The average molecular weight is 262 g/mol. The lowest BCUT2D eigenvalue weighted by molar-refractivity contribution is 0.311. The lowest BCUT2D eigenvalue weighted by Gasteiger charge is -2.15. The van der Waals surface area contributed by atoms with Gasteiger partial charge in [-0.05, 0) is 44.7 Å². The normalized spacial score (nSPS) is 24.2. The van der Waals surface area contributed by atoms with E-state index in [1.807, 2.05) is 12.5 Å². The number of hydrogen-bond donors (Lipinski definition) is 1. The zero-order valence-electron chi connectivity index (χ0n) is 12.0. The molecular weight excluding hydrogens is 236 g/mol. The van der Waals surface area contributed by atoms with Crippen LogP contribution in [0.1, 0.15) is 38.3 Å². The zero-order valence-corrected chi connectivity index (χ0v) is 12.0. The van der Waals surface area contributed by atoms with Gasteiger partial charge in [-0.1, -0.05) is 6.92 Å². The summed E-state index contributed by atoms with van der Waals surface area (Å²) in [4.78, 5) is 6.94. The molecule has 1 aromatic rings. The van der Waals surface area contributed by atoms with Crippen molar-refractivity contribution in [2.24, 2.45) is 5.92 Å². The van der Waals surface area contributed by atoms with Crippen molar-refractivity contribution in [3.05, 3.63) is 18.2 Å². The molecule has 4 heteroatoms. The number of likely N-dealkylation sites (tertiary alicyclic amines) is 1. The van der Waals surface area contributed by atoms with Crippen LogP contribution in [0.5, 0.6) is 0 Å². The summed E-state index contributed by atoms with van der Waals surface area (Å²) in [5.74, 6) is 0.850. The molecule has 1 atom stereocenters. The van der Waals surface area contributed by atoms with E-state index in [-0.39, 0.29) is 0 Å². The van der Waals surface area contributed by atoms with E-state index < -0.39 is 0 Å². The molecule has 3 rings (SSSR count). The molecule has 106 valence electrons. The molecule has 1 aliphatic heterocycles. The SMILES string of the molecule is CCCn1cncc1CNCC1CCN(C2CC2)C1. The fraction of sp³-hybridized carbons (Fsp3) is 0.800. The van der Waals surface area contributed by atoms with Gasteiger partial charge >= 0.3 is 0 Å². The van der Waals surface area contributed by atoms with E-state index in [0.29, 0.717) is 0 Å². The van der Waals surface area contributed by atoms with Crippen molar-refractivity contribution in [2.75, 3.05) is 19.6 Å². The molecule has 19 heavy (non-hydrogen) atoms. The summed E-state index contributed by atoms with van der Waals surface area (Å²) in [5.41, 5.74) is 1.32. The molecule has 0 radical (unpaired) electrons. The lowest BCUT2D eigenvalue weighted by atomic mass is 10.1. The highest BCUT2D eigenvalue weighted by molar-refractivity contribution is 4.98. The summed E-state index contributed by atoms with van der Waals surface area (Å²) in [6.07, 6.45) is 9.37. The summed E-state index contributed by atoms with van der Waals surface area (Å²) in [7, 11) is 0. The van der Waals surface area contributed by atoms with Gasteiger partial charge in [0.05, 0.1) is 12.0 Å². The number of imidazole rings is 1. The van der Waals surface area contributed by atoms with Crippen LogP contribution < -0.4 is 5.32 Å². The van der Waals surface area contributed by atoms with Gasteiger partial charge in [0.15, 0.2) is 0 Å². The minimum Gasteiger partial charge on any atom is -0.333 e. The summed E-state index contributed by atoms with van der Waals surface area (Å²) in [5, 5.41) is 3.62. The highest BCUT2D eigenvalue weighted by Gasteiger charge is 2.33. The lowest BCUT2D eigenvalue weighted by Crippen LogP contribution is -2.27. The topological polar surface area (TPSA) is 33.1 Å². The highest BCUT2D eigenvalue weighted by atomic mass is 15.2. The predicted molar refractivity (Wildman–Crippen MR) is 76.9 cm³/mol. The molecule has 2 heterocycles. The highest BCUT2D eigenvalue weighted by Crippen LogP contribution is 2.31. The Labute approximate surface area is 116 Å². The van der Waals surface area contributed by atoms with Crippen molar-refractivity contribution < 1.29 is 0 Å². The summed E-state index contributed by atoms with van der Waals surface area (Å²) >= 11 is 0. The Morgan fingerprint density at radius 1 is 1.37 bits per heavy atom. The van der Waals surface area contributed by atoms with E-state index in [4.69, 9.17) is 0 Å². The van der Waals surface area contributed by atoms with E-state index in [1.165, 1.54) is 44.5 Å². The second kappa shape index (κ2) is 6.06. The quantitative estimate of drug-likeness (QED) is 0.814. The van der Waals surface area contributed by atoms with E-state index >= 15 is 0 Å². The molecule has 4 nitrogen and oxygen atoms in total. The van der Waals surface area contributed by atoms with Crippen molar-refractivity contribution in [1.82, 2.24) is 19.8 Å². The van der Waals surface area contributed by atoms with Crippen LogP contribution in [0.4, 0.5) is 0 Å². The van der Waals surface area contributed by atoms with Gasteiger partial charge in [-0.3, -0.25) is 0 Å². The van der Waals surface area contributed by atoms with Crippen molar-refractivity contribution in [2.45, 2.75) is 51.7 Å². The van der Waals surface area contributed by atoms with Gasteiger partial charge in [-0.15, -0.1) is 0 Å². The van der Waals surface area contributed by atoms with Gasteiger partial charge in [0.25, 0.3) is 0 Å². The molecule has 1 saturated heterocycles. The van der Waals surface area contributed by atoms with Gasteiger partial charge in [0.1, 0.15) is 0 Å². The molecule has 1 unspecified atom stereocenters. The Kier molecular flexibility index (Phi) is 4.18. The van der Waals surface area contributed by atoms with Gasteiger partial charge in [0.2, 0.25) is 0 Å². The molecule has 2 aliphatic rings. The van der Waals surface area contributed by atoms with Crippen LogP contribution in [0.3, 0.4) is 0 Å². The van der Waals surface area contributed by atoms with Crippen molar-refractivity contribution >= 4 is 0 Å². The average Bonchev–Trinajstić information content (AvgIpc) is 3.00. The first-order valence-electron chi connectivity index (χ1n) is 7.80. The second-order valence-corrected chi connectivity index (χ2v) is 6.09. The maximum Gasteiger partial charge on any atom is 0.0948 e. The molecule has 0 bridgehead atoms. The molecule has 0 aromatic carbocycles. The molecular formula is C15H26N4. The van der Waals surface area contributed by atoms with Gasteiger partial charge in [-0.25, -0.2) is 4.98 Å². The predicted octanol–water partition coefficient (Wildman–Crippen LogP) is 1.87. The van der Waals surface area contributed by atoms with Crippen molar-refractivity contribution in [1.29, 1.82) is 0 Å². The van der Waals surface area contributed by atoms with Crippen LogP contribution in [-0.2, 0) is 13.1 Å². The third-order valence-corrected chi connectivity index (χ3v) is 4.38. The third kappa shape index (κ3) is 3.37. The Morgan fingerprint density at radius 2 is 2.26 bits per heavy atom. The van der Waals surface area contributed by atoms with Crippen LogP contribution in [0.25, 0.3) is 0 Å². The Bertz CT molecular complexity index is 397.